The van der Waals surface area contributed by atoms with E-state index < -0.39 is 10.0 Å². The zero-order chi connectivity index (χ0) is 18.9. The van der Waals surface area contributed by atoms with Gasteiger partial charge in [-0.1, -0.05) is 35.9 Å². The molecule has 4 rings (SSSR count). The molecule has 1 fully saturated rings. The summed E-state index contributed by atoms with van der Waals surface area (Å²) in [6.45, 7) is 1.65. The van der Waals surface area contributed by atoms with Crippen molar-refractivity contribution in [3.05, 3.63) is 58.9 Å². The smallest absolute Gasteiger partial charge is 0.243 e. The van der Waals surface area contributed by atoms with Gasteiger partial charge in [0, 0.05) is 34.6 Å². The number of aromatic nitrogens is 1. The normalized spacial score (nSPS) is 15.7. The topological polar surface area (TPSA) is 59.5 Å². The van der Waals surface area contributed by atoms with Gasteiger partial charge < -0.3 is 4.74 Å². The quantitative estimate of drug-likeness (QED) is 0.636. The summed E-state index contributed by atoms with van der Waals surface area (Å²) in [5.74, 6) is 0. The van der Waals surface area contributed by atoms with Crippen molar-refractivity contribution in [1.82, 2.24) is 9.29 Å². The molecule has 2 heterocycles. The van der Waals surface area contributed by atoms with E-state index in [-0.39, 0.29) is 0 Å². The van der Waals surface area contributed by atoms with E-state index in [2.05, 4.69) is 4.98 Å². The van der Waals surface area contributed by atoms with Crippen LogP contribution in [0.25, 0.3) is 21.8 Å². The second-order valence-electron chi connectivity index (χ2n) is 6.09. The fourth-order valence-electron chi connectivity index (χ4n) is 2.87. The van der Waals surface area contributed by atoms with Gasteiger partial charge >= 0.3 is 0 Å². The molecular weight excluding hydrogens is 404 g/mol. The highest BCUT2D eigenvalue weighted by molar-refractivity contribution is 7.89. The van der Waals surface area contributed by atoms with Crippen LogP contribution in [0.5, 0.6) is 0 Å². The lowest BCUT2D eigenvalue weighted by atomic mass is 10.2. The number of hydrogen-bond acceptors (Lipinski definition) is 5. The third-order valence-electron chi connectivity index (χ3n) is 4.35. The van der Waals surface area contributed by atoms with Gasteiger partial charge in [-0.25, -0.2) is 13.4 Å². The minimum absolute atomic E-state index is 0.294. The van der Waals surface area contributed by atoms with Crippen LogP contribution in [0.1, 0.15) is 0 Å². The van der Waals surface area contributed by atoms with Crippen LogP contribution in [-0.2, 0) is 14.8 Å². The minimum Gasteiger partial charge on any atom is -0.379 e. The van der Waals surface area contributed by atoms with Crippen LogP contribution in [0.4, 0.5) is 0 Å². The van der Waals surface area contributed by atoms with E-state index in [1.54, 1.807) is 24.3 Å². The Labute approximate surface area is 167 Å². The summed E-state index contributed by atoms with van der Waals surface area (Å²) < 4.78 is 32.1. The Morgan fingerprint density at radius 3 is 2.26 bits per heavy atom. The Bertz CT molecular complexity index is 1030. The predicted molar refractivity (Wildman–Crippen MR) is 108 cm³/mol. The molecule has 1 aliphatic rings. The molecule has 0 unspecified atom stereocenters. The number of ether oxygens (including phenoxy) is 1. The van der Waals surface area contributed by atoms with E-state index in [9.17, 15) is 8.42 Å². The summed E-state index contributed by atoms with van der Waals surface area (Å²) in [7, 11) is -3.48. The number of sulfonamides is 1. The number of halogens is 1. The van der Waals surface area contributed by atoms with Gasteiger partial charge in [-0.3, -0.25) is 0 Å². The summed E-state index contributed by atoms with van der Waals surface area (Å²) >= 11 is 7.45. The maximum Gasteiger partial charge on any atom is 0.243 e. The third-order valence-corrected chi connectivity index (χ3v) is 7.41. The molecular formula is C19H17ClN2O3S2. The average Bonchev–Trinajstić information content (AvgIpc) is 3.19. The van der Waals surface area contributed by atoms with Crippen molar-refractivity contribution in [3.8, 4) is 21.8 Å². The van der Waals surface area contributed by atoms with Gasteiger partial charge in [0.2, 0.25) is 10.0 Å². The Hall–Kier alpha value is -1.77. The first-order valence-corrected chi connectivity index (χ1v) is 11.1. The molecule has 27 heavy (non-hydrogen) atoms. The van der Waals surface area contributed by atoms with Crippen molar-refractivity contribution in [2.45, 2.75) is 4.90 Å². The number of morpholine rings is 1. The molecule has 1 saturated heterocycles. The van der Waals surface area contributed by atoms with E-state index >= 15 is 0 Å². The number of nitrogens with zero attached hydrogens (tertiary/aromatic N) is 2. The maximum absolute atomic E-state index is 12.7. The Morgan fingerprint density at radius 2 is 1.59 bits per heavy atom. The summed E-state index contributed by atoms with van der Waals surface area (Å²) in [5, 5.41) is 3.51. The van der Waals surface area contributed by atoms with E-state index in [1.165, 1.54) is 15.6 Å². The van der Waals surface area contributed by atoms with Crippen LogP contribution in [0, 0.1) is 0 Å². The number of hydrogen-bond donors (Lipinski definition) is 0. The van der Waals surface area contributed by atoms with Crippen LogP contribution in [-0.4, -0.2) is 44.0 Å². The molecule has 140 valence electrons. The monoisotopic (exact) mass is 420 g/mol. The summed E-state index contributed by atoms with van der Waals surface area (Å²) in [6, 6.07) is 14.4. The Balaban J connectivity index is 1.57. The second kappa shape index (κ2) is 7.69. The van der Waals surface area contributed by atoms with Crippen molar-refractivity contribution >= 4 is 33.0 Å². The SMILES string of the molecule is O=S(=O)(c1ccc(-c2nc(-c3ccc(Cl)cc3)cs2)cc1)N1CCOCC1. The molecule has 0 bridgehead atoms. The molecule has 0 N–H and O–H groups in total. The molecule has 0 radical (unpaired) electrons. The van der Waals surface area contributed by atoms with Crippen molar-refractivity contribution in [1.29, 1.82) is 0 Å². The maximum atomic E-state index is 12.7. The first-order valence-electron chi connectivity index (χ1n) is 8.44. The molecule has 3 aromatic rings. The van der Waals surface area contributed by atoms with Gasteiger partial charge in [-0.05, 0) is 24.3 Å². The zero-order valence-corrected chi connectivity index (χ0v) is 16.7. The Kier molecular flexibility index (Phi) is 5.29. The first kappa shape index (κ1) is 18.6. The third kappa shape index (κ3) is 3.93. The van der Waals surface area contributed by atoms with Crippen LogP contribution in [0.15, 0.2) is 58.8 Å². The van der Waals surface area contributed by atoms with E-state index in [1.807, 2.05) is 29.6 Å². The van der Waals surface area contributed by atoms with Gasteiger partial charge in [0.15, 0.2) is 0 Å². The van der Waals surface area contributed by atoms with Gasteiger partial charge in [0.1, 0.15) is 5.01 Å². The molecule has 1 aliphatic heterocycles. The molecule has 1 aromatic heterocycles. The molecule has 0 saturated carbocycles. The van der Waals surface area contributed by atoms with Crippen LogP contribution in [0.2, 0.25) is 5.02 Å². The lowest BCUT2D eigenvalue weighted by Gasteiger charge is -2.26. The first-order chi connectivity index (χ1) is 13.0. The number of benzene rings is 2. The van der Waals surface area contributed by atoms with Crippen molar-refractivity contribution in [2.24, 2.45) is 0 Å². The van der Waals surface area contributed by atoms with Crippen LogP contribution < -0.4 is 0 Å². The van der Waals surface area contributed by atoms with Gasteiger partial charge in [0.25, 0.3) is 0 Å². The van der Waals surface area contributed by atoms with Gasteiger partial charge in [-0.2, -0.15) is 4.31 Å². The fourth-order valence-corrected chi connectivity index (χ4v) is 5.23. The summed E-state index contributed by atoms with van der Waals surface area (Å²) in [5.41, 5.74) is 2.76. The molecule has 2 aromatic carbocycles. The zero-order valence-electron chi connectivity index (χ0n) is 14.3. The lowest BCUT2D eigenvalue weighted by Crippen LogP contribution is -2.40. The molecule has 0 atom stereocenters. The fraction of sp³-hybridized carbons (Fsp3) is 0.211. The van der Waals surface area contributed by atoms with Crippen LogP contribution >= 0.6 is 22.9 Å². The van der Waals surface area contributed by atoms with E-state index in [0.29, 0.717) is 36.2 Å². The van der Waals surface area contributed by atoms with Crippen molar-refractivity contribution in [2.75, 3.05) is 26.3 Å². The molecule has 0 aliphatic carbocycles. The summed E-state index contributed by atoms with van der Waals surface area (Å²) in [4.78, 5) is 4.96. The van der Waals surface area contributed by atoms with Gasteiger partial charge in [-0.15, -0.1) is 11.3 Å². The summed E-state index contributed by atoms with van der Waals surface area (Å²) in [6.07, 6.45) is 0. The number of rotatable bonds is 4. The molecule has 0 amide bonds. The van der Waals surface area contributed by atoms with Crippen LogP contribution in [0.3, 0.4) is 0 Å². The highest BCUT2D eigenvalue weighted by atomic mass is 35.5. The predicted octanol–water partition coefficient (Wildman–Crippen LogP) is 4.15. The standard InChI is InChI=1S/C19H17ClN2O3S2/c20-16-5-1-14(2-6-16)18-13-26-19(21-18)15-3-7-17(8-4-15)27(23,24)22-9-11-25-12-10-22/h1-8,13H,9-12H2. The second-order valence-corrected chi connectivity index (χ2v) is 9.32. The molecule has 8 heteroatoms. The Morgan fingerprint density at radius 1 is 0.963 bits per heavy atom. The number of thiazole rings is 1. The van der Waals surface area contributed by atoms with Crippen molar-refractivity contribution < 1.29 is 13.2 Å². The lowest BCUT2D eigenvalue weighted by molar-refractivity contribution is 0.0730. The van der Waals surface area contributed by atoms with E-state index in [0.717, 1.165) is 21.8 Å². The highest BCUT2D eigenvalue weighted by Crippen LogP contribution is 2.30. The minimum atomic E-state index is -3.48. The molecule has 0 spiro atoms. The van der Waals surface area contributed by atoms with Gasteiger partial charge in [0.05, 0.1) is 23.8 Å². The molecule has 5 nitrogen and oxygen atoms in total. The average molecular weight is 421 g/mol. The van der Waals surface area contributed by atoms with E-state index in [4.69, 9.17) is 16.3 Å². The largest absolute Gasteiger partial charge is 0.379 e. The van der Waals surface area contributed by atoms with Crippen molar-refractivity contribution in [3.63, 3.8) is 0 Å². The highest BCUT2D eigenvalue weighted by Gasteiger charge is 2.26.